The highest BCUT2D eigenvalue weighted by Crippen LogP contribution is 2.16. The molecule has 0 atom stereocenters. The number of carbonyl (C=O) groups is 1. The van der Waals surface area contributed by atoms with Crippen LogP contribution in [0.4, 0.5) is 8.78 Å². The van der Waals surface area contributed by atoms with E-state index in [1.807, 2.05) is 6.07 Å². The SMILES string of the molecule is Cc1[nH]c(=O)c(C#N)c(C)c1CCC(=O)NCCc1ccc(OC(F)F)cc1. The molecule has 1 heterocycles. The number of rotatable bonds is 8. The Kier molecular flexibility index (Phi) is 7.27. The van der Waals surface area contributed by atoms with Gasteiger partial charge in [0, 0.05) is 18.7 Å². The Labute approximate surface area is 161 Å². The molecule has 0 aliphatic heterocycles. The highest BCUT2D eigenvalue weighted by molar-refractivity contribution is 5.76. The number of aryl methyl sites for hydroxylation is 1. The van der Waals surface area contributed by atoms with E-state index in [1.165, 1.54) is 12.1 Å². The van der Waals surface area contributed by atoms with Crippen LogP contribution in [0.1, 0.15) is 34.4 Å². The molecule has 1 amide bonds. The second kappa shape index (κ2) is 9.65. The van der Waals surface area contributed by atoms with E-state index in [-0.39, 0.29) is 23.6 Å². The zero-order valence-corrected chi connectivity index (χ0v) is 15.6. The summed E-state index contributed by atoms with van der Waals surface area (Å²) in [7, 11) is 0. The Morgan fingerprint density at radius 3 is 2.54 bits per heavy atom. The molecular weight excluding hydrogens is 368 g/mol. The number of amides is 1. The van der Waals surface area contributed by atoms with Crippen molar-refractivity contribution < 1.29 is 18.3 Å². The smallest absolute Gasteiger partial charge is 0.387 e. The quantitative estimate of drug-likeness (QED) is 0.726. The lowest BCUT2D eigenvalue weighted by atomic mass is 9.99. The molecule has 2 rings (SSSR count). The monoisotopic (exact) mass is 389 g/mol. The maximum atomic E-state index is 12.1. The fourth-order valence-corrected chi connectivity index (χ4v) is 2.93. The third-order valence-electron chi connectivity index (χ3n) is 4.41. The van der Waals surface area contributed by atoms with Crippen LogP contribution in [0.5, 0.6) is 5.75 Å². The second-order valence-electron chi connectivity index (χ2n) is 6.29. The lowest BCUT2D eigenvalue weighted by Gasteiger charge is -2.11. The zero-order valence-electron chi connectivity index (χ0n) is 15.6. The molecule has 0 spiro atoms. The molecule has 0 fully saturated rings. The lowest BCUT2D eigenvalue weighted by molar-refractivity contribution is -0.121. The molecule has 0 saturated heterocycles. The summed E-state index contributed by atoms with van der Waals surface area (Å²) in [5.41, 5.74) is 2.58. The number of nitriles is 1. The van der Waals surface area contributed by atoms with E-state index in [4.69, 9.17) is 5.26 Å². The molecule has 28 heavy (non-hydrogen) atoms. The third-order valence-corrected chi connectivity index (χ3v) is 4.41. The van der Waals surface area contributed by atoms with Crippen LogP contribution in [-0.4, -0.2) is 24.0 Å². The maximum absolute atomic E-state index is 12.1. The van der Waals surface area contributed by atoms with E-state index in [2.05, 4.69) is 15.0 Å². The molecule has 0 aliphatic rings. The van der Waals surface area contributed by atoms with Crippen molar-refractivity contribution in [1.29, 1.82) is 5.26 Å². The van der Waals surface area contributed by atoms with Gasteiger partial charge < -0.3 is 15.0 Å². The van der Waals surface area contributed by atoms with Crippen LogP contribution < -0.4 is 15.6 Å². The maximum Gasteiger partial charge on any atom is 0.387 e. The summed E-state index contributed by atoms with van der Waals surface area (Å²) in [6.45, 7) is 0.990. The van der Waals surface area contributed by atoms with Gasteiger partial charge in [0.05, 0.1) is 0 Å². The number of benzene rings is 1. The van der Waals surface area contributed by atoms with Crippen molar-refractivity contribution in [1.82, 2.24) is 10.3 Å². The largest absolute Gasteiger partial charge is 0.435 e. The molecule has 1 aromatic heterocycles. The first-order valence-corrected chi connectivity index (χ1v) is 8.74. The van der Waals surface area contributed by atoms with E-state index in [0.29, 0.717) is 30.6 Å². The van der Waals surface area contributed by atoms with Gasteiger partial charge in [-0.15, -0.1) is 0 Å². The summed E-state index contributed by atoms with van der Waals surface area (Å²) in [6, 6.07) is 8.14. The number of alkyl halides is 2. The van der Waals surface area contributed by atoms with Gasteiger partial charge in [-0.3, -0.25) is 9.59 Å². The molecule has 6 nitrogen and oxygen atoms in total. The fraction of sp³-hybridized carbons (Fsp3) is 0.350. The van der Waals surface area contributed by atoms with Gasteiger partial charge in [0.15, 0.2) is 0 Å². The number of aromatic amines is 1. The van der Waals surface area contributed by atoms with Crippen molar-refractivity contribution in [3.05, 3.63) is 62.6 Å². The number of pyridine rings is 1. The minimum Gasteiger partial charge on any atom is -0.435 e. The summed E-state index contributed by atoms with van der Waals surface area (Å²) in [4.78, 5) is 26.4. The van der Waals surface area contributed by atoms with E-state index in [1.54, 1.807) is 26.0 Å². The Balaban J connectivity index is 1.84. The Hall–Kier alpha value is -3.21. The van der Waals surface area contributed by atoms with Gasteiger partial charge in [-0.25, -0.2) is 0 Å². The Morgan fingerprint density at radius 2 is 1.93 bits per heavy atom. The van der Waals surface area contributed by atoms with Gasteiger partial charge in [-0.2, -0.15) is 14.0 Å². The summed E-state index contributed by atoms with van der Waals surface area (Å²) >= 11 is 0. The van der Waals surface area contributed by atoms with Crippen LogP contribution in [0.2, 0.25) is 0 Å². The average Bonchev–Trinajstić information content (AvgIpc) is 2.62. The fourth-order valence-electron chi connectivity index (χ4n) is 2.93. The molecule has 0 saturated carbocycles. The average molecular weight is 389 g/mol. The summed E-state index contributed by atoms with van der Waals surface area (Å²) in [6.07, 6.45) is 1.18. The third kappa shape index (κ3) is 5.64. The minimum atomic E-state index is -2.86. The summed E-state index contributed by atoms with van der Waals surface area (Å²) in [5, 5.41) is 11.9. The Morgan fingerprint density at radius 1 is 1.25 bits per heavy atom. The van der Waals surface area contributed by atoms with Crippen molar-refractivity contribution in [3.8, 4) is 11.8 Å². The second-order valence-corrected chi connectivity index (χ2v) is 6.29. The molecular formula is C20H21F2N3O3. The normalized spacial score (nSPS) is 10.6. The molecule has 0 unspecified atom stereocenters. The molecule has 2 N–H and O–H groups in total. The highest BCUT2D eigenvalue weighted by Gasteiger charge is 2.13. The van der Waals surface area contributed by atoms with E-state index < -0.39 is 12.2 Å². The van der Waals surface area contributed by atoms with Crippen LogP contribution in [0.3, 0.4) is 0 Å². The van der Waals surface area contributed by atoms with Gasteiger partial charge in [-0.1, -0.05) is 12.1 Å². The van der Waals surface area contributed by atoms with Gasteiger partial charge in [0.25, 0.3) is 5.56 Å². The van der Waals surface area contributed by atoms with Crippen molar-refractivity contribution in [2.45, 2.75) is 39.7 Å². The first kappa shape index (κ1) is 21.1. The van der Waals surface area contributed by atoms with Crippen molar-refractivity contribution in [3.63, 3.8) is 0 Å². The van der Waals surface area contributed by atoms with E-state index >= 15 is 0 Å². The van der Waals surface area contributed by atoms with Crippen LogP contribution >= 0.6 is 0 Å². The van der Waals surface area contributed by atoms with Crippen molar-refractivity contribution >= 4 is 5.91 Å². The number of carbonyl (C=O) groups excluding carboxylic acids is 1. The molecule has 1 aromatic carbocycles. The van der Waals surface area contributed by atoms with Gasteiger partial charge >= 0.3 is 6.61 Å². The number of halogens is 2. The lowest BCUT2D eigenvalue weighted by Crippen LogP contribution is -2.26. The number of H-pyrrole nitrogens is 1. The molecule has 0 radical (unpaired) electrons. The van der Waals surface area contributed by atoms with Crippen LogP contribution in [0.15, 0.2) is 29.1 Å². The number of hydrogen-bond acceptors (Lipinski definition) is 4. The number of nitrogens with one attached hydrogen (secondary N) is 2. The molecule has 148 valence electrons. The highest BCUT2D eigenvalue weighted by atomic mass is 19.3. The molecule has 0 aliphatic carbocycles. The predicted molar refractivity (Wildman–Crippen MR) is 99.4 cm³/mol. The van der Waals surface area contributed by atoms with Crippen LogP contribution in [0.25, 0.3) is 0 Å². The number of ether oxygens (including phenoxy) is 1. The minimum absolute atomic E-state index is 0.0697. The first-order chi connectivity index (χ1) is 13.3. The van der Waals surface area contributed by atoms with Crippen molar-refractivity contribution in [2.24, 2.45) is 0 Å². The van der Waals surface area contributed by atoms with E-state index in [0.717, 1.165) is 11.1 Å². The zero-order chi connectivity index (χ0) is 20.7. The van der Waals surface area contributed by atoms with Crippen molar-refractivity contribution in [2.75, 3.05) is 6.54 Å². The number of hydrogen-bond donors (Lipinski definition) is 2. The molecule has 0 bridgehead atoms. The summed E-state index contributed by atoms with van der Waals surface area (Å²) in [5.74, 6) is -0.0627. The first-order valence-electron chi connectivity index (χ1n) is 8.74. The van der Waals surface area contributed by atoms with Crippen LogP contribution in [-0.2, 0) is 17.6 Å². The van der Waals surface area contributed by atoms with Gasteiger partial charge in [0.1, 0.15) is 17.4 Å². The standard InChI is InChI=1S/C20H21F2N3O3/c1-12-16(13(2)25-19(27)17(12)11-23)7-8-18(26)24-10-9-14-3-5-15(6-4-14)28-20(21)22/h3-6,20H,7-10H2,1-2H3,(H,24,26)(H,25,27). The topological polar surface area (TPSA) is 95.0 Å². The number of aromatic nitrogens is 1. The van der Waals surface area contributed by atoms with Crippen LogP contribution in [0, 0.1) is 25.2 Å². The van der Waals surface area contributed by atoms with Gasteiger partial charge in [-0.05, 0) is 55.5 Å². The van der Waals surface area contributed by atoms with Gasteiger partial charge in [0.2, 0.25) is 5.91 Å². The predicted octanol–water partition coefficient (Wildman–Crippen LogP) is 2.76. The number of nitrogens with zero attached hydrogens (tertiary/aromatic N) is 1. The van der Waals surface area contributed by atoms with E-state index in [9.17, 15) is 18.4 Å². The molecule has 8 heteroatoms. The Bertz CT molecular complexity index is 931. The summed E-state index contributed by atoms with van der Waals surface area (Å²) < 4.78 is 28.5. The molecule has 2 aromatic rings.